The number of anilines is 1. The highest BCUT2D eigenvalue weighted by Crippen LogP contribution is 2.25. The molecular formula is C21H33N3O2. The van der Waals surface area contributed by atoms with Crippen LogP contribution in [0.25, 0.3) is 0 Å². The molecule has 0 N–H and O–H groups in total. The molecule has 0 aromatic heterocycles. The summed E-state index contributed by atoms with van der Waals surface area (Å²) in [5, 5.41) is 0. The summed E-state index contributed by atoms with van der Waals surface area (Å²) in [5.74, 6) is 0.948. The number of hydrogen-bond donors (Lipinski definition) is 0. The first-order valence-corrected chi connectivity index (χ1v) is 10.3. The summed E-state index contributed by atoms with van der Waals surface area (Å²) in [5.41, 5.74) is 1.29. The Balaban J connectivity index is 1.22. The normalized spacial score (nSPS) is 26.3. The second kappa shape index (κ2) is 8.59. The Morgan fingerprint density at radius 1 is 1.04 bits per heavy atom. The molecule has 3 aliphatic heterocycles. The molecule has 1 atom stereocenters. The molecule has 1 aromatic carbocycles. The van der Waals surface area contributed by atoms with E-state index in [1.165, 1.54) is 57.5 Å². The summed E-state index contributed by atoms with van der Waals surface area (Å²) in [6.45, 7) is 9.17. The van der Waals surface area contributed by atoms with E-state index in [-0.39, 0.29) is 0 Å². The molecule has 5 nitrogen and oxygen atoms in total. The molecular weight excluding hydrogens is 326 g/mol. The van der Waals surface area contributed by atoms with Gasteiger partial charge in [-0.05, 0) is 50.9 Å². The van der Waals surface area contributed by atoms with Crippen molar-refractivity contribution in [3.63, 3.8) is 0 Å². The number of piperazine rings is 1. The van der Waals surface area contributed by atoms with E-state index < -0.39 is 0 Å². The maximum atomic E-state index is 5.80. The van der Waals surface area contributed by atoms with Crippen LogP contribution in [-0.4, -0.2) is 81.5 Å². The summed E-state index contributed by atoms with van der Waals surface area (Å²) < 4.78 is 11.2. The fraction of sp³-hybridized carbons (Fsp3) is 0.714. The third kappa shape index (κ3) is 4.33. The lowest BCUT2D eigenvalue weighted by Gasteiger charge is -2.43. The lowest BCUT2D eigenvalue weighted by molar-refractivity contribution is 0.0470. The predicted molar refractivity (Wildman–Crippen MR) is 105 cm³/mol. The third-order valence-electron chi connectivity index (χ3n) is 6.29. The van der Waals surface area contributed by atoms with Crippen LogP contribution in [-0.2, 0) is 4.74 Å². The molecule has 0 aliphatic carbocycles. The van der Waals surface area contributed by atoms with Gasteiger partial charge >= 0.3 is 0 Å². The van der Waals surface area contributed by atoms with Gasteiger partial charge in [0.2, 0.25) is 0 Å². The minimum atomic E-state index is 0.498. The van der Waals surface area contributed by atoms with Gasteiger partial charge in [0.1, 0.15) is 5.75 Å². The number of benzene rings is 1. The first-order chi connectivity index (χ1) is 12.8. The van der Waals surface area contributed by atoms with Gasteiger partial charge in [-0.15, -0.1) is 0 Å². The topological polar surface area (TPSA) is 28.2 Å². The van der Waals surface area contributed by atoms with Crippen molar-refractivity contribution in [1.82, 2.24) is 9.80 Å². The zero-order chi connectivity index (χ0) is 17.8. The van der Waals surface area contributed by atoms with Crippen molar-refractivity contribution in [2.45, 2.75) is 37.8 Å². The molecule has 26 heavy (non-hydrogen) atoms. The quantitative estimate of drug-likeness (QED) is 0.805. The zero-order valence-electron chi connectivity index (χ0n) is 16.1. The predicted octanol–water partition coefficient (Wildman–Crippen LogP) is 2.46. The Kier molecular flexibility index (Phi) is 5.98. The molecule has 3 fully saturated rings. The minimum absolute atomic E-state index is 0.498. The number of hydrogen-bond acceptors (Lipinski definition) is 5. The molecule has 3 aliphatic rings. The van der Waals surface area contributed by atoms with Crippen molar-refractivity contribution in [3.8, 4) is 5.75 Å². The van der Waals surface area contributed by atoms with Gasteiger partial charge in [0.05, 0.1) is 13.2 Å². The molecule has 0 unspecified atom stereocenters. The van der Waals surface area contributed by atoms with Gasteiger partial charge in [-0.25, -0.2) is 0 Å². The first kappa shape index (κ1) is 18.1. The maximum Gasteiger partial charge on any atom is 0.120 e. The Hall–Kier alpha value is -1.30. The fourth-order valence-electron chi connectivity index (χ4n) is 4.70. The minimum Gasteiger partial charge on any atom is -0.497 e. The SMILES string of the molecule is COc1cccc(N2CCN(C3CCN(C[C@@H]4CCCO4)CC3)CC2)c1. The summed E-state index contributed by atoms with van der Waals surface area (Å²) in [6.07, 6.45) is 5.63. The van der Waals surface area contributed by atoms with Gasteiger partial charge in [-0.2, -0.15) is 0 Å². The van der Waals surface area contributed by atoms with Crippen molar-refractivity contribution < 1.29 is 9.47 Å². The number of ether oxygens (including phenoxy) is 2. The number of piperidine rings is 1. The van der Waals surface area contributed by atoms with E-state index in [4.69, 9.17) is 9.47 Å². The van der Waals surface area contributed by atoms with Gasteiger partial charge in [-0.3, -0.25) is 4.90 Å². The molecule has 3 saturated heterocycles. The van der Waals surface area contributed by atoms with Crippen molar-refractivity contribution >= 4 is 5.69 Å². The van der Waals surface area contributed by atoms with Gasteiger partial charge in [-0.1, -0.05) is 6.07 Å². The summed E-state index contributed by atoms with van der Waals surface area (Å²) in [6, 6.07) is 9.22. The van der Waals surface area contributed by atoms with Crippen molar-refractivity contribution in [3.05, 3.63) is 24.3 Å². The van der Waals surface area contributed by atoms with Crippen LogP contribution in [0.5, 0.6) is 5.75 Å². The zero-order valence-corrected chi connectivity index (χ0v) is 16.1. The van der Waals surface area contributed by atoms with Crippen molar-refractivity contribution in [2.75, 3.05) is 64.4 Å². The average molecular weight is 360 g/mol. The molecule has 4 rings (SSSR count). The van der Waals surface area contributed by atoms with Crippen molar-refractivity contribution in [2.24, 2.45) is 0 Å². The van der Waals surface area contributed by atoms with E-state index in [0.717, 1.165) is 38.0 Å². The molecule has 0 saturated carbocycles. The number of methoxy groups -OCH3 is 1. The molecule has 1 aromatic rings. The lowest BCUT2D eigenvalue weighted by atomic mass is 10.0. The van der Waals surface area contributed by atoms with Crippen LogP contribution in [0.3, 0.4) is 0 Å². The van der Waals surface area contributed by atoms with E-state index in [1.807, 2.05) is 6.07 Å². The number of rotatable bonds is 5. The van der Waals surface area contributed by atoms with Crippen LogP contribution in [0.1, 0.15) is 25.7 Å². The maximum absolute atomic E-state index is 5.80. The highest BCUT2D eigenvalue weighted by Gasteiger charge is 2.29. The Morgan fingerprint density at radius 2 is 1.85 bits per heavy atom. The molecule has 144 valence electrons. The van der Waals surface area contributed by atoms with E-state index in [0.29, 0.717) is 6.10 Å². The lowest BCUT2D eigenvalue weighted by Crippen LogP contribution is -2.53. The second-order valence-corrected chi connectivity index (χ2v) is 7.89. The van der Waals surface area contributed by atoms with Crippen LogP contribution in [0.2, 0.25) is 0 Å². The molecule has 0 spiro atoms. The highest BCUT2D eigenvalue weighted by atomic mass is 16.5. The van der Waals surface area contributed by atoms with E-state index in [1.54, 1.807) is 7.11 Å². The van der Waals surface area contributed by atoms with Gasteiger partial charge < -0.3 is 19.3 Å². The van der Waals surface area contributed by atoms with E-state index in [2.05, 4.69) is 32.9 Å². The second-order valence-electron chi connectivity index (χ2n) is 7.89. The molecule has 5 heteroatoms. The van der Waals surface area contributed by atoms with Gasteiger partial charge in [0, 0.05) is 57.1 Å². The number of nitrogens with zero attached hydrogens (tertiary/aromatic N) is 3. The monoisotopic (exact) mass is 359 g/mol. The molecule has 0 bridgehead atoms. The number of likely N-dealkylation sites (tertiary alicyclic amines) is 1. The highest BCUT2D eigenvalue weighted by molar-refractivity contribution is 5.51. The fourth-order valence-corrected chi connectivity index (χ4v) is 4.70. The Labute approximate surface area is 157 Å². The van der Waals surface area contributed by atoms with E-state index >= 15 is 0 Å². The van der Waals surface area contributed by atoms with Gasteiger partial charge in [0.15, 0.2) is 0 Å². The third-order valence-corrected chi connectivity index (χ3v) is 6.29. The molecule has 3 heterocycles. The smallest absolute Gasteiger partial charge is 0.120 e. The molecule has 0 amide bonds. The van der Waals surface area contributed by atoms with Crippen LogP contribution < -0.4 is 9.64 Å². The first-order valence-electron chi connectivity index (χ1n) is 10.3. The summed E-state index contributed by atoms with van der Waals surface area (Å²) in [7, 11) is 1.74. The van der Waals surface area contributed by atoms with Crippen LogP contribution in [0.4, 0.5) is 5.69 Å². The Bertz CT molecular complexity index is 560. The Morgan fingerprint density at radius 3 is 2.54 bits per heavy atom. The van der Waals surface area contributed by atoms with Crippen LogP contribution >= 0.6 is 0 Å². The summed E-state index contributed by atoms with van der Waals surface area (Å²) in [4.78, 5) is 7.84. The standard InChI is InChI=1S/C21H33N3O2/c1-25-20-5-2-4-19(16-20)24-13-11-23(12-14-24)18-7-9-22(10-8-18)17-21-6-3-15-26-21/h2,4-5,16,18,21H,3,6-15,17H2,1H3/t21-/m0/s1. The van der Waals surface area contributed by atoms with Gasteiger partial charge in [0.25, 0.3) is 0 Å². The van der Waals surface area contributed by atoms with Crippen LogP contribution in [0, 0.1) is 0 Å². The summed E-state index contributed by atoms with van der Waals surface area (Å²) >= 11 is 0. The average Bonchev–Trinajstić information content (AvgIpc) is 3.22. The molecule has 0 radical (unpaired) electrons. The van der Waals surface area contributed by atoms with Crippen molar-refractivity contribution in [1.29, 1.82) is 0 Å². The van der Waals surface area contributed by atoms with Crippen LogP contribution in [0.15, 0.2) is 24.3 Å². The largest absolute Gasteiger partial charge is 0.497 e. The van der Waals surface area contributed by atoms with E-state index in [9.17, 15) is 0 Å².